The Hall–Kier alpha value is -2.99. The second-order valence-electron chi connectivity index (χ2n) is 4.61. The lowest BCUT2D eigenvalue weighted by Gasteiger charge is -2.01. The average molecular weight is 326 g/mol. The Morgan fingerprint density at radius 3 is 2.52 bits per heavy atom. The number of hydrogen-bond donors (Lipinski definition) is 2. The van der Waals surface area contributed by atoms with Crippen LogP contribution in [0.2, 0.25) is 5.02 Å². The maximum absolute atomic E-state index is 12.1. The number of aromatic nitrogens is 3. The van der Waals surface area contributed by atoms with Crippen LogP contribution in [0.4, 0.5) is 5.95 Å². The molecule has 0 atom stereocenters. The normalized spacial score (nSPS) is 10.8. The highest BCUT2D eigenvalue weighted by molar-refractivity contribution is 6.33. The predicted molar refractivity (Wildman–Crippen MR) is 90.8 cm³/mol. The lowest BCUT2D eigenvalue weighted by molar-refractivity contribution is 0.947. The van der Waals surface area contributed by atoms with Crippen molar-refractivity contribution in [2.75, 3.05) is 5.43 Å². The van der Waals surface area contributed by atoms with Crippen molar-refractivity contribution in [1.29, 1.82) is 0 Å². The van der Waals surface area contributed by atoms with Gasteiger partial charge in [-0.15, -0.1) is 10.2 Å². The van der Waals surface area contributed by atoms with Crippen LogP contribution in [0.1, 0.15) is 5.56 Å². The molecule has 0 unspecified atom stereocenters. The Labute approximate surface area is 136 Å². The van der Waals surface area contributed by atoms with E-state index in [2.05, 4.69) is 25.7 Å². The molecule has 0 saturated carbocycles. The van der Waals surface area contributed by atoms with Crippen LogP contribution in [0.25, 0.3) is 11.3 Å². The molecule has 0 saturated heterocycles. The zero-order chi connectivity index (χ0) is 16.1. The summed E-state index contributed by atoms with van der Waals surface area (Å²) in [6.07, 6.45) is 1.54. The summed E-state index contributed by atoms with van der Waals surface area (Å²) in [7, 11) is 0. The van der Waals surface area contributed by atoms with Gasteiger partial charge in [0, 0.05) is 16.1 Å². The van der Waals surface area contributed by atoms with E-state index in [-0.39, 0.29) is 17.2 Å². The number of benzene rings is 2. The van der Waals surface area contributed by atoms with Crippen LogP contribution in [-0.4, -0.2) is 21.4 Å². The molecule has 3 aromatic rings. The van der Waals surface area contributed by atoms with E-state index in [1.165, 1.54) is 6.21 Å². The fourth-order valence-corrected chi connectivity index (χ4v) is 2.10. The number of nitrogens with zero attached hydrogens (tertiary/aromatic N) is 3. The number of hydrazone groups is 1. The number of anilines is 1. The van der Waals surface area contributed by atoms with Gasteiger partial charge in [-0.25, -0.2) is 5.43 Å². The van der Waals surface area contributed by atoms with Gasteiger partial charge in [-0.1, -0.05) is 60.1 Å². The first-order chi connectivity index (χ1) is 11.2. The van der Waals surface area contributed by atoms with E-state index in [0.29, 0.717) is 10.6 Å². The third-order valence-electron chi connectivity index (χ3n) is 3.02. The molecule has 0 aliphatic heterocycles. The Morgan fingerprint density at radius 2 is 1.78 bits per heavy atom. The molecule has 0 bridgehead atoms. The number of hydrogen-bond acceptors (Lipinski definition) is 5. The van der Waals surface area contributed by atoms with Gasteiger partial charge in [0.15, 0.2) is 5.69 Å². The van der Waals surface area contributed by atoms with Gasteiger partial charge in [0.2, 0.25) is 5.95 Å². The topological polar surface area (TPSA) is 83.0 Å². The van der Waals surface area contributed by atoms with Gasteiger partial charge in [-0.3, -0.25) is 9.78 Å². The third kappa shape index (κ3) is 3.61. The molecule has 0 aliphatic rings. The van der Waals surface area contributed by atoms with Gasteiger partial charge >= 0.3 is 0 Å². The van der Waals surface area contributed by atoms with Gasteiger partial charge < -0.3 is 0 Å². The minimum atomic E-state index is -0.346. The molecule has 6 nitrogen and oxygen atoms in total. The maximum atomic E-state index is 12.1. The van der Waals surface area contributed by atoms with Crippen LogP contribution >= 0.6 is 11.6 Å². The van der Waals surface area contributed by atoms with Crippen molar-refractivity contribution in [3.63, 3.8) is 0 Å². The van der Waals surface area contributed by atoms with E-state index in [4.69, 9.17) is 11.6 Å². The highest BCUT2D eigenvalue weighted by Gasteiger charge is 2.06. The number of aromatic amines is 1. The number of nitrogens with one attached hydrogen (secondary N) is 2. The van der Waals surface area contributed by atoms with E-state index in [1.54, 1.807) is 18.2 Å². The molecular formula is C16H12ClN5O. The SMILES string of the molecule is O=c1[nH]c(N/N=C/c2ccccc2Cl)nnc1-c1ccccc1. The summed E-state index contributed by atoms with van der Waals surface area (Å²) in [6, 6.07) is 16.4. The van der Waals surface area contributed by atoms with Gasteiger partial charge in [0.05, 0.1) is 6.21 Å². The van der Waals surface area contributed by atoms with Gasteiger partial charge in [-0.05, 0) is 6.07 Å². The molecular weight excluding hydrogens is 314 g/mol. The van der Waals surface area contributed by atoms with Gasteiger partial charge in [0.25, 0.3) is 5.56 Å². The van der Waals surface area contributed by atoms with Crippen LogP contribution < -0.4 is 11.0 Å². The summed E-state index contributed by atoms with van der Waals surface area (Å²) >= 11 is 6.02. The lowest BCUT2D eigenvalue weighted by atomic mass is 10.2. The summed E-state index contributed by atoms with van der Waals surface area (Å²) in [5, 5.41) is 12.4. The molecule has 7 heteroatoms. The van der Waals surface area contributed by atoms with Crippen molar-refractivity contribution in [3.05, 3.63) is 75.5 Å². The molecule has 114 valence electrons. The van der Waals surface area contributed by atoms with Crippen molar-refractivity contribution in [1.82, 2.24) is 15.2 Å². The third-order valence-corrected chi connectivity index (χ3v) is 3.37. The minimum absolute atomic E-state index is 0.151. The van der Waals surface area contributed by atoms with Crippen LogP contribution in [0.5, 0.6) is 0 Å². The standard InChI is InChI=1S/C16H12ClN5O/c17-13-9-5-4-8-12(13)10-18-21-16-19-15(23)14(20-22-16)11-6-2-1-3-7-11/h1-10H,(H2,19,21,22,23)/b18-10+. The molecule has 0 radical (unpaired) electrons. The molecule has 1 aromatic heterocycles. The largest absolute Gasteiger partial charge is 0.288 e. The smallest absolute Gasteiger partial charge is 0.279 e. The summed E-state index contributed by atoms with van der Waals surface area (Å²) in [6.45, 7) is 0. The molecule has 2 aromatic carbocycles. The number of H-pyrrole nitrogens is 1. The molecule has 23 heavy (non-hydrogen) atoms. The van der Waals surface area contributed by atoms with Crippen LogP contribution in [0, 0.1) is 0 Å². The quantitative estimate of drug-likeness (QED) is 0.570. The van der Waals surface area contributed by atoms with E-state index < -0.39 is 0 Å². The zero-order valence-electron chi connectivity index (χ0n) is 11.9. The van der Waals surface area contributed by atoms with Crippen molar-refractivity contribution in [2.45, 2.75) is 0 Å². The van der Waals surface area contributed by atoms with E-state index in [1.807, 2.05) is 36.4 Å². The first kappa shape index (κ1) is 14.9. The highest BCUT2D eigenvalue weighted by atomic mass is 35.5. The second-order valence-corrected chi connectivity index (χ2v) is 5.02. The van der Waals surface area contributed by atoms with E-state index >= 15 is 0 Å². The van der Waals surface area contributed by atoms with Gasteiger partial charge in [-0.2, -0.15) is 5.10 Å². The fraction of sp³-hybridized carbons (Fsp3) is 0. The molecule has 0 aliphatic carbocycles. The summed E-state index contributed by atoms with van der Waals surface area (Å²) in [5.41, 5.74) is 3.98. The average Bonchev–Trinajstić information content (AvgIpc) is 2.57. The molecule has 2 N–H and O–H groups in total. The molecule has 0 amide bonds. The molecule has 0 fully saturated rings. The second kappa shape index (κ2) is 6.85. The van der Waals surface area contributed by atoms with Crippen LogP contribution in [-0.2, 0) is 0 Å². The van der Waals surface area contributed by atoms with Crippen LogP contribution in [0.3, 0.4) is 0 Å². The summed E-state index contributed by atoms with van der Waals surface area (Å²) in [4.78, 5) is 14.6. The summed E-state index contributed by atoms with van der Waals surface area (Å²) < 4.78 is 0. The van der Waals surface area contributed by atoms with Crippen molar-refractivity contribution >= 4 is 23.8 Å². The van der Waals surface area contributed by atoms with Crippen molar-refractivity contribution < 1.29 is 0 Å². The number of rotatable bonds is 4. The Balaban J connectivity index is 1.77. The first-order valence-corrected chi connectivity index (χ1v) is 7.18. The van der Waals surface area contributed by atoms with Crippen molar-refractivity contribution in [3.8, 4) is 11.3 Å². The highest BCUT2D eigenvalue weighted by Crippen LogP contribution is 2.13. The Kier molecular flexibility index (Phi) is 4.44. The molecule has 1 heterocycles. The van der Waals surface area contributed by atoms with E-state index in [9.17, 15) is 4.79 Å². The monoisotopic (exact) mass is 325 g/mol. The van der Waals surface area contributed by atoms with Crippen LogP contribution in [0.15, 0.2) is 64.5 Å². The Bertz CT molecular complexity index is 892. The molecule has 0 spiro atoms. The minimum Gasteiger partial charge on any atom is -0.288 e. The first-order valence-electron chi connectivity index (χ1n) is 6.80. The summed E-state index contributed by atoms with van der Waals surface area (Å²) in [5.74, 6) is 0.151. The predicted octanol–water partition coefficient (Wildman–Crippen LogP) is 2.93. The van der Waals surface area contributed by atoms with Gasteiger partial charge in [0.1, 0.15) is 0 Å². The zero-order valence-corrected chi connectivity index (χ0v) is 12.7. The lowest BCUT2D eigenvalue weighted by Crippen LogP contribution is -2.15. The van der Waals surface area contributed by atoms with Crippen molar-refractivity contribution in [2.24, 2.45) is 5.10 Å². The Morgan fingerprint density at radius 1 is 1.04 bits per heavy atom. The van der Waals surface area contributed by atoms with E-state index in [0.717, 1.165) is 5.56 Å². The fourth-order valence-electron chi connectivity index (χ4n) is 1.92. The molecule has 3 rings (SSSR count). The number of halogens is 1. The maximum Gasteiger partial charge on any atom is 0.279 e.